The third-order valence-electron chi connectivity index (χ3n) is 3.47. The molecule has 1 heterocycles. The second kappa shape index (κ2) is 4.75. The van der Waals surface area contributed by atoms with Gasteiger partial charge in [0.25, 0.3) is 0 Å². The van der Waals surface area contributed by atoms with E-state index in [1.807, 2.05) is 4.57 Å². The number of rotatable bonds is 2. The number of hydrogen-bond donors (Lipinski definition) is 0. The summed E-state index contributed by atoms with van der Waals surface area (Å²) in [6, 6.07) is 13.1. The SMILES string of the molecule is CC(C)c1cc2ccc(F)cc2n1-c1ccc(F)cc1. The molecule has 20 heavy (non-hydrogen) atoms. The maximum absolute atomic E-state index is 13.5. The van der Waals surface area contributed by atoms with Gasteiger partial charge < -0.3 is 4.57 Å². The van der Waals surface area contributed by atoms with Gasteiger partial charge in [-0.2, -0.15) is 0 Å². The standard InChI is InChI=1S/C17H15F2N/c1-11(2)16-9-12-3-4-14(19)10-17(12)20(16)15-7-5-13(18)6-8-15/h3-11H,1-2H3. The molecule has 0 aliphatic rings. The number of benzene rings is 2. The van der Waals surface area contributed by atoms with E-state index in [1.54, 1.807) is 18.2 Å². The molecule has 0 saturated heterocycles. The minimum absolute atomic E-state index is 0.269. The topological polar surface area (TPSA) is 4.93 Å². The summed E-state index contributed by atoms with van der Waals surface area (Å²) in [5.74, 6) is -0.257. The molecule has 0 radical (unpaired) electrons. The van der Waals surface area contributed by atoms with Crippen molar-refractivity contribution in [1.29, 1.82) is 0 Å². The van der Waals surface area contributed by atoms with E-state index in [2.05, 4.69) is 19.9 Å². The normalized spacial score (nSPS) is 11.4. The Morgan fingerprint density at radius 2 is 1.50 bits per heavy atom. The van der Waals surface area contributed by atoms with Gasteiger partial charge in [-0.1, -0.05) is 13.8 Å². The van der Waals surface area contributed by atoms with Crippen molar-refractivity contribution in [2.24, 2.45) is 0 Å². The molecule has 3 heteroatoms. The van der Waals surface area contributed by atoms with Crippen molar-refractivity contribution in [3.8, 4) is 5.69 Å². The molecule has 3 rings (SSSR count). The highest BCUT2D eigenvalue weighted by molar-refractivity contribution is 5.83. The van der Waals surface area contributed by atoms with E-state index < -0.39 is 0 Å². The Hall–Kier alpha value is -2.16. The van der Waals surface area contributed by atoms with E-state index in [0.717, 1.165) is 22.3 Å². The van der Waals surface area contributed by atoms with Crippen molar-refractivity contribution >= 4 is 10.9 Å². The van der Waals surface area contributed by atoms with Crippen LogP contribution in [0.4, 0.5) is 8.78 Å². The van der Waals surface area contributed by atoms with Crippen LogP contribution in [0.15, 0.2) is 48.5 Å². The van der Waals surface area contributed by atoms with Crippen molar-refractivity contribution < 1.29 is 8.78 Å². The Morgan fingerprint density at radius 3 is 2.15 bits per heavy atom. The number of hydrogen-bond acceptors (Lipinski definition) is 0. The van der Waals surface area contributed by atoms with E-state index >= 15 is 0 Å². The summed E-state index contributed by atoms with van der Waals surface area (Å²) < 4.78 is 28.6. The molecule has 102 valence electrons. The van der Waals surface area contributed by atoms with Crippen LogP contribution in [0, 0.1) is 11.6 Å². The van der Waals surface area contributed by atoms with Crippen LogP contribution in [0.25, 0.3) is 16.6 Å². The molecule has 3 aromatic rings. The summed E-state index contributed by atoms with van der Waals surface area (Å²) >= 11 is 0. The zero-order valence-electron chi connectivity index (χ0n) is 11.4. The van der Waals surface area contributed by atoms with Crippen molar-refractivity contribution in [2.75, 3.05) is 0 Å². The molecule has 0 atom stereocenters. The Balaban J connectivity index is 2.33. The van der Waals surface area contributed by atoms with Gasteiger partial charge in [-0.25, -0.2) is 8.78 Å². The van der Waals surface area contributed by atoms with Crippen LogP contribution in [0.3, 0.4) is 0 Å². The maximum atomic E-state index is 13.5. The van der Waals surface area contributed by atoms with Gasteiger partial charge >= 0.3 is 0 Å². The number of fused-ring (bicyclic) bond motifs is 1. The molecule has 1 aromatic heterocycles. The summed E-state index contributed by atoms with van der Waals surface area (Å²) in [6.45, 7) is 4.18. The number of nitrogens with zero attached hydrogens (tertiary/aromatic N) is 1. The van der Waals surface area contributed by atoms with E-state index in [4.69, 9.17) is 0 Å². The average Bonchev–Trinajstić information content (AvgIpc) is 2.78. The van der Waals surface area contributed by atoms with Gasteiger partial charge in [-0.3, -0.25) is 0 Å². The third-order valence-corrected chi connectivity index (χ3v) is 3.47. The summed E-state index contributed by atoms with van der Waals surface area (Å²) in [6.07, 6.45) is 0. The molecule has 0 bridgehead atoms. The minimum atomic E-state index is -0.275. The quantitative estimate of drug-likeness (QED) is 0.616. The van der Waals surface area contributed by atoms with Gasteiger partial charge in [-0.05, 0) is 54.4 Å². The lowest BCUT2D eigenvalue weighted by Gasteiger charge is -2.13. The van der Waals surface area contributed by atoms with Crippen LogP contribution in [-0.2, 0) is 0 Å². The Morgan fingerprint density at radius 1 is 0.850 bits per heavy atom. The molecule has 0 aliphatic heterocycles. The van der Waals surface area contributed by atoms with Gasteiger partial charge in [-0.15, -0.1) is 0 Å². The van der Waals surface area contributed by atoms with Crippen LogP contribution in [0.5, 0.6) is 0 Å². The van der Waals surface area contributed by atoms with Crippen LogP contribution < -0.4 is 0 Å². The van der Waals surface area contributed by atoms with Crippen molar-refractivity contribution in [1.82, 2.24) is 4.57 Å². The Labute approximate surface area is 116 Å². The lowest BCUT2D eigenvalue weighted by molar-refractivity contribution is 0.626. The molecule has 0 N–H and O–H groups in total. The summed E-state index contributed by atoms with van der Waals surface area (Å²) in [5.41, 5.74) is 2.73. The van der Waals surface area contributed by atoms with Crippen LogP contribution >= 0.6 is 0 Å². The van der Waals surface area contributed by atoms with E-state index in [1.165, 1.54) is 24.3 Å². The first kappa shape index (κ1) is 12.9. The second-order valence-corrected chi connectivity index (χ2v) is 5.24. The molecule has 0 fully saturated rings. The zero-order valence-corrected chi connectivity index (χ0v) is 11.4. The van der Waals surface area contributed by atoms with E-state index in [0.29, 0.717) is 0 Å². The Bertz CT molecular complexity index is 755. The fourth-order valence-corrected chi connectivity index (χ4v) is 2.50. The van der Waals surface area contributed by atoms with Crippen molar-refractivity contribution in [3.05, 3.63) is 65.9 Å². The molecule has 0 aliphatic carbocycles. The summed E-state index contributed by atoms with van der Waals surface area (Å²) in [7, 11) is 0. The monoisotopic (exact) mass is 271 g/mol. The van der Waals surface area contributed by atoms with E-state index in [9.17, 15) is 8.78 Å². The molecular formula is C17H15F2N. The predicted molar refractivity (Wildman–Crippen MR) is 77.3 cm³/mol. The molecule has 2 aromatic carbocycles. The van der Waals surface area contributed by atoms with Crippen LogP contribution in [-0.4, -0.2) is 4.57 Å². The largest absolute Gasteiger partial charge is 0.313 e. The average molecular weight is 271 g/mol. The molecule has 0 amide bonds. The number of aromatic nitrogens is 1. The van der Waals surface area contributed by atoms with Gasteiger partial charge in [0.05, 0.1) is 5.52 Å². The minimum Gasteiger partial charge on any atom is -0.313 e. The van der Waals surface area contributed by atoms with Crippen LogP contribution in [0.2, 0.25) is 0 Å². The lowest BCUT2D eigenvalue weighted by atomic mass is 10.1. The third kappa shape index (κ3) is 2.09. The first-order chi connectivity index (χ1) is 9.56. The second-order valence-electron chi connectivity index (χ2n) is 5.24. The zero-order chi connectivity index (χ0) is 14.3. The molecule has 0 unspecified atom stereocenters. The smallest absolute Gasteiger partial charge is 0.125 e. The van der Waals surface area contributed by atoms with Crippen LogP contribution in [0.1, 0.15) is 25.5 Å². The molecular weight excluding hydrogens is 256 g/mol. The fourth-order valence-electron chi connectivity index (χ4n) is 2.50. The first-order valence-electron chi connectivity index (χ1n) is 6.63. The summed E-state index contributed by atoms with van der Waals surface area (Å²) in [4.78, 5) is 0. The highest BCUT2D eigenvalue weighted by atomic mass is 19.1. The van der Waals surface area contributed by atoms with Gasteiger partial charge in [0, 0.05) is 16.8 Å². The van der Waals surface area contributed by atoms with Gasteiger partial charge in [0.2, 0.25) is 0 Å². The van der Waals surface area contributed by atoms with E-state index in [-0.39, 0.29) is 17.6 Å². The molecule has 0 spiro atoms. The fraction of sp³-hybridized carbons (Fsp3) is 0.176. The summed E-state index contributed by atoms with van der Waals surface area (Å²) in [5, 5.41) is 0.986. The predicted octanol–water partition coefficient (Wildman–Crippen LogP) is 5.03. The molecule has 1 nitrogen and oxygen atoms in total. The first-order valence-corrected chi connectivity index (χ1v) is 6.63. The maximum Gasteiger partial charge on any atom is 0.125 e. The lowest BCUT2D eigenvalue weighted by Crippen LogP contribution is -2.01. The van der Waals surface area contributed by atoms with Crippen molar-refractivity contribution in [2.45, 2.75) is 19.8 Å². The van der Waals surface area contributed by atoms with Crippen molar-refractivity contribution in [3.63, 3.8) is 0 Å². The number of halogens is 2. The highest BCUT2D eigenvalue weighted by Crippen LogP contribution is 2.29. The van der Waals surface area contributed by atoms with Gasteiger partial charge in [0.15, 0.2) is 0 Å². The highest BCUT2D eigenvalue weighted by Gasteiger charge is 2.13. The molecule has 0 saturated carbocycles. The van der Waals surface area contributed by atoms with Gasteiger partial charge in [0.1, 0.15) is 11.6 Å². The Kier molecular flexibility index (Phi) is 3.05.